The third-order valence-electron chi connectivity index (χ3n) is 4.97. The number of nitro benzene ring substituents is 1. The number of Topliss-reactive ketones (excluding diaryl/α,β-unsaturated/α-hetero) is 1. The van der Waals surface area contributed by atoms with Crippen LogP contribution in [0.4, 0.5) is 5.69 Å². The van der Waals surface area contributed by atoms with Gasteiger partial charge in [-0.15, -0.1) is 0 Å². The molecule has 7 nitrogen and oxygen atoms in total. The van der Waals surface area contributed by atoms with Gasteiger partial charge in [0.2, 0.25) is 5.91 Å². The molecule has 0 saturated carbocycles. The molecule has 0 bridgehead atoms. The average molecular weight is 412 g/mol. The van der Waals surface area contributed by atoms with E-state index in [2.05, 4.69) is 5.32 Å². The van der Waals surface area contributed by atoms with E-state index in [1.54, 1.807) is 0 Å². The Morgan fingerprint density at radius 1 is 1.10 bits per heavy atom. The van der Waals surface area contributed by atoms with Gasteiger partial charge in [0, 0.05) is 23.1 Å². The van der Waals surface area contributed by atoms with Gasteiger partial charge in [-0.1, -0.05) is 26.0 Å². The lowest BCUT2D eigenvalue weighted by Gasteiger charge is -2.23. The summed E-state index contributed by atoms with van der Waals surface area (Å²) < 4.78 is 5.84. The van der Waals surface area contributed by atoms with Crippen molar-refractivity contribution < 1.29 is 19.2 Å². The fraction of sp³-hybridized carbons (Fsp3) is 0.391. The largest absolute Gasteiger partial charge is 0.493 e. The number of rotatable bonds is 10. The monoisotopic (exact) mass is 412 g/mol. The zero-order valence-electron chi connectivity index (χ0n) is 17.9. The maximum absolute atomic E-state index is 12.5. The van der Waals surface area contributed by atoms with Gasteiger partial charge in [-0.3, -0.25) is 19.7 Å². The Hall–Kier alpha value is -3.22. The molecule has 0 atom stereocenters. The standard InChI is InChI=1S/C23H28N2O5/c1-16-6-7-17(2)21(14-16)30-13-5-12-23(3,4)22(27)24-15-20(26)18-8-10-19(11-9-18)25(28)29/h6-11,14H,5,12-13,15H2,1-4H3,(H,24,27). The number of hydrogen-bond acceptors (Lipinski definition) is 5. The molecule has 0 heterocycles. The topological polar surface area (TPSA) is 98.5 Å². The Balaban J connectivity index is 1.79. The number of ketones is 1. The zero-order chi connectivity index (χ0) is 22.3. The minimum Gasteiger partial charge on any atom is -0.493 e. The first-order valence-electron chi connectivity index (χ1n) is 9.86. The van der Waals surface area contributed by atoms with Crippen LogP contribution in [0.2, 0.25) is 0 Å². The molecular weight excluding hydrogens is 384 g/mol. The van der Waals surface area contributed by atoms with Crippen molar-refractivity contribution in [1.82, 2.24) is 5.32 Å². The van der Waals surface area contributed by atoms with Crippen LogP contribution < -0.4 is 10.1 Å². The number of ether oxygens (including phenoxy) is 1. The summed E-state index contributed by atoms with van der Waals surface area (Å²) in [5.41, 5.74) is 1.79. The maximum atomic E-state index is 12.5. The molecule has 2 aromatic carbocycles. The van der Waals surface area contributed by atoms with Gasteiger partial charge in [-0.05, 0) is 56.0 Å². The Morgan fingerprint density at radius 3 is 2.40 bits per heavy atom. The van der Waals surface area contributed by atoms with Crippen LogP contribution in [0.3, 0.4) is 0 Å². The first-order chi connectivity index (χ1) is 14.1. The zero-order valence-corrected chi connectivity index (χ0v) is 17.9. The van der Waals surface area contributed by atoms with E-state index in [4.69, 9.17) is 4.74 Å². The molecule has 160 valence electrons. The Morgan fingerprint density at radius 2 is 1.77 bits per heavy atom. The first kappa shape index (κ1) is 23.1. The predicted octanol–water partition coefficient (Wildman–Crippen LogP) is 4.40. The number of benzene rings is 2. The highest BCUT2D eigenvalue weighted by molar-refractivity contribution is 5.99. The third-order valence-corrected chi connectivity index (χ3v) is 4.97. The summed E-state index contributed by atoms with van der Waals surface area (Å²) >= 11 is 0. The number of non-ortho nitro benzene ring substituents is 1. The van der Waals surface area contributed by atoms with Gasteiger partial charge in [0.25, 0.3) is 5.69 Å². The summed E-state index contributed by atoms with van der Waals surface area (Å²) in [6.45, 7) is 8.01. The molecule has 0 aliphatic heterocycles. The van der Waals surface area contributed by atoms with E-state index in [0.29, 0.717) is 25.0 Å². The van der Waals surface area contributed by atoms with Crippen molar-refractivity contribution in [2.45, 2.75) is 40.5 Å². The molecular formula is C23H28N2O5. The fourth-order valence-electron chi connectivity index (χ4n) is 2.94. The van der Waals surface area contributed by atoms with Crippen molar-refractivity contribution in [2.24, 2.45) is 5.41 Å². The lowest BCUT2D eigenvalue weighted by Crippen LogP contribution is -2.39. The summed E-state index contributed by atoms with van der Waals surface area (Å²) in [6, 6.07) is 11.4. The summed E-state index contributed by atoms with van der Waals surface area (Å²) in [5, 5.41) is 13.4. The molecule has 1 N–H and O–H groups in total. The van der Waals surface area contributed by atoms with Crippen molar-refractivity contribution in [2.75, 3.05) is 13.2 Å². The van der Waals surface area contributed by atoms with Crippen LogP contribution in [0.1, 0.15) is 48.2 Å². The fourth-order valence-corrected chi connectivity index (χ4v) is 2.94. The van der Waals surface area contributed by atoms with Gasteiger partial charge in [0.1, 0.15) is 5.75 Å². The van der Waals surface area contributed by atoms with Gasteiger partial charge in [-0.2, -0.15) is 0 Å². The number of carbonyl (C=O) groups is 2. The van der Waals surface area contributed by atoms with E-state index >= 15 is 0 Å². The number of nitro groups is 1. The van der Waals surface area contributed by atoms with Gasteiger partial charge in [-0.25, -0.2) is 0 Å². The summed E-state index contributed by atoms with van der Waals surface area (Å²) in [4.78, 5) is 34.9. The van der Waals surface area contributed by atoms with E-state index in [0.717, 1.165) is 16.9 Å². The number of aryl methyl sites for hydroxylation is 2. The number of nitrogens with zero attached hydrogens (tertiary/aromatic N) is 1. The molecule has 0 aliphatic rings. The summed E-state index contributed by atoms with van der Waals surface area (Å²) in [6.07, 6.45) is 1.31. The van der Waals surface area contributed by atoms with Gasteiger partial charge >= 0.3 is 0 Å². The molecule has 0 fully saturated rings. The molecule has 0 spiro atoms. The number of hydrogen-bond donors (Lipinski definition) is 1. The van der Waals surface area contributed by atoms with E-state index in [-0.39, 0.29) is 23.9 Å². The number of nitrogens with one attached hydrogen (secondary N) is 1. The van der Waals surface area contributed by atoms with Gasteiger partial charge in [0.05, 0.1) is 18.1 Å². The number of amides is 1. The van der Waals surface area contributed by atoms with Crippen LogP contribution in [-0.4, -0.2) is 29.8 Å². The van der Waals surface area contributed by atoms with E-state index in [1.807, 2.05) is 45.9 Å². The first-order valence-corrected chi connectivity index (χ1v) is 9.86. The van der Waals surface area contributed by atoms with Gasteiger partial charge < -0.3 is 10.1 Å². The molecule has 30 heavy (non-hydrogen) atoms. The molecule has 7 heteroatoms. The van der Waals surface area contributed by atoms with Crippen LogP contribution in [0.5, 0.6) is 5.75 Å². The van der Waals surface area contributed by atoms with Crippen LogP contribution in [-0.2, 0) is 4.79 Å². The summed E-state index contributed by atoms with van der Waals surface area (Å²) in [7, 11) is 0. The van der Waals surface area contributed by atoms with Gasteiger partial charge in [0.15, 0.2) is 5.78 Å². The molecule has 1 amide bonds. The van der Waals surface area contributed by atoms with E-state index in [9.17, 15) is 19.7 Å². The predicted molar refractivity (Wildman–Crippen MR) is 115 cm³/mol. The second-order valence-corrected chi connectivity index (χ2v) is 8.01. The minimum absolute atomic E-state index is 0.0835. The molecule has 0 unspecified atom stereocenters. The lowest BCUT2D eigenvalue weighted by molar-refractivity contribution is -0.384. The smallest absolute Gasteiger partial charge is 0.269 e. The highest BCUT2D eigenvalue weighted by Gasteiger charge is 2.27. The molecule has 2 rings (SSSR count). The molecule has 0 aliphatic carbocycles. The minimum atomic E-state index is -0.652. The van der Waals surface area contributed by atoms with Crippen molar-refractivity contribution in [3.8, 4) is 5.75 Å². The van der Waals surface area contributed by atoms with Crippen LogP contribution in [0, 0.1) is 29.4 Å². The highest BCUT2D eigenvalue weighted by Crippen LogP contribution is 2.24. The normalized spacial score (nSPS) is 11.1. The molecule has 2 aromatic rings. The average Bonchev–Trinajstić information content (AvgIpc) is 2.71. The number of carbonyl (C=O) groups excluding carboxylic acids is 2. The van der Waals surface area contributed by atoms with Crippen molar-refractivity contribution >= 4 is 17.4 Å². The van der Waals surface area contributed by atoms with Crippen LogP contribution in [0.25, 0.3) is 0 Å². The van der Waals surface area contributed by atoms with Crippen molar-refractivity contribution in [3.05, 3.63) is 69.3 Å². The molecule has 0 aromatic heterocycles. The lowest BCUT2D eigenvalue weighted by atomic mass is 9.87. The van der Waals surface area contributed by atoms with Crippen LogP contribution >= 0.6 is 0 Å². The van der Waals surface area contributed by atoms with E-state index < -0.39 is 10.3 Å². The van der Waals surface area contributed by atoms with Crippen LogP contribution in [0.15, 0.2) is 42.5 Å². The quantitative estimate of drug-likeness (QED) is 0.270. The second kappa shape index (κ2) is 10.0. The SMILES string of the molecule is Cc1ccc(C)c(OCCCC(C)(C)C(=O)NCC(=O)c2ccc([N+](=O)[O-])cc2)c1. The molecule has 0 saturated heterocycles. The Bertz CT molecular complexity index is 920. The molecule has 0 radical (unpaired) electrons. The second-order valence-electron chi connectivity index (χ2n) is 8.01. The summed E-state index contributed by atoms with van der Waals surface area (Å²) in [5.74, 6) is 0.336. The Kier molecular flexibility index (Phi) is 7.69. The highest BCUT2D eigenvalue weighted by atomic mass is 16.6. The third kappa shape index (κ3) is 6.40. The Labute approximate surface area is 176 Å². The van der Waals surface area contributed by atoms with Crippen molar-refractivity contribution in [3.63, 3.8) is 0 Å². The van der Waals surface area contributed by atoms with Crippen molar-refractivity contribution in [1.29, 1.82) is 0 Å². The maximum Gasteiger partial charge on any atom is 0.269 e. The van der Waals surface area contributed by atoms with E-state index in [1.165, 1.54) is 24.3 Å².